The molecule has 0 aliphatic heterocycles. The Hall–Kier alpha value is -2.07. The zero-order valence-corrected chi connectivity index (χ0v) is 12.4. The van der Waals surface area contributed by atoms with E-state index in [0.717, 1.165) is 24.0 Å². The van der Waals surface area contributed by atoms with Crippen molar-refractivity contribution in [3.8, 4) is 11.4 Å². The Bertz CT molecular complexity index is 811. The molecule has 0 unspecified atom stereocenters. The van der Waals surface area contributed by atoms with Gasteiger partial charge in [0, 0.05) is 22.8 Å². The maximum absolute atomic E-state index is 13.6. The molecule has 1 heterocycles. The van der Waals surface area contributed by atoms with Crippen LogP contribution in [0.25, 0.3) is 22.4 Å². The summed E-state index contributed by atoms with van der Waals surface area (Å²) in [5.74, 6) is 0.346. The lowest BCUT2D eigenvalue weighted by Crippen LogP contribution is -2.02. The molecule has 0 aliphatic rings. The Morgan fingerprint density at radius 2 is 2.05 bits per heavy atom. The molecule has 3 aromatic rings. The van der Waals surface area contributed by atoms with Crippen LogP contribution in [-0.4, -0.2) is 9.55 Å². The van der Waals surface area contributed by atoms with Crippen LogP contribution in [0.5, 0.6) is 0 Å². The van der Waals surface area contributed by atoms with Crippen molar-refractivity contribution < 1.29 is 4.39 Å². The molecule has 1 aromatic heterocycles. The highest BCUT2D eigenvalue weighted by atomic mass is 35.5. The highest BCUT2D eigenvalue weighted by molar-refractivity contribution is 6.31. The lowest BCUT2D eigenvalue weighted by Gasteiger charge is -2.10. The summed E-state index contributed by atoms with van der Waals surface area (Å²) in [6, 6.07) is 9.87. The second-order valence-corrected chi connectivity index (χ2v) is 5.39. The fraction of sp³-hybridized carbons (Fsp3) is 0.188. The molecule has 0 aliphatic carbocycles. The number of aromatic nitrogens is 2. The van der Waals surface area contributed by atoms with E-state index in [-0.39, 0.29) is 5.82 Å². The SMILES string of the molecule is CCCn1c(-c2cc(F)ccc2N)nc2ccc(Cl)cc21. The number of aryl methyl sites for hydroxylation is 1. The van der Waals surface area contributed by atoms with E-state index in [4.69, 9.17) is 17.3 Å². The molecule has 0 bridgehead atoms. The minimum absolute atomic E-state index is 0.327. The molecule has 2 aromatic carbocycles. The molecule has 0 fully saturated rings. The third kappa shape index (κ3) is 2.47. The summed E-state index contributed by atoms with van der Waals surface area (Å²) in [7, 11) is 0. The van der Waals surface area contributed by atoms with Crippen molar-refractivity contribution in [1.82, 2.24) is 9.55 Å². The zero-order valence-electron chi connectivity index (χ0n) is 11.6. The van der Waals surface area contributed by atoms with E-state index in [2.05, 4.69) is 11.9 Å². The van der Waals surface area contributed by atoms with E-state index in [1.165, 1.54) is 12.1 Å². The third-order valence-corrected chi connectivity index (χ3v) is 3.65. The van der Waals surface area contributed by atoms with Crippen LogP contribution in [0, 0.1) is 5.82 Å². The number of anilines is 1. The minimum atomic E-state index is -0.327. The summed E-state index contributed by atoms with van der Waals surface area (Å²) >= 11 is 6.08. The van der Waals surface area contributed by atoms with Crippen LogP contribution in [0.4, 0.5) is 10.1 Å². The number of hydrogen-bond acceptors (Lipinski definition) is 2. The number of nitrogen functional groups attached to an aromatic ring is 1. The Kier molecular flexibility index (Phi) is 3.55. The molecule has 0 atom stereocenters. The lowest BCUT2D eigenvalue weighted by atomic mass is 10.1. The van der Waals surface area contributed by atoms with Gasteiger partial charge in [-0.3, -0.25) is 0 Å². The van der Waals surface area contributed by atoms with Crippen molar-refractivity contribution in [2.24, 2.45) is 0 Å². The number of nitrogens with zero attached hydrogens (tertiary/aromatic N) is 2. The van der Waals surface area contributed by atoms with Crippen molar-refractivity contribution >= 4 is 28.3 Å². The van der Waals surface area contributed by atoms with Crippen molar-refractivity contribution in [2.45, 2.75) is 19.9 Å². The van der Waals surface area contributed by atoms with E-state index >= 15 is 0 Å². The van der Waals surface area contributed by atoms with E-state index in [0.29, 0.717) is 22.1 Å². The average molecular weight is 304 g/mol. The van der Waals surface area contributed by atoms with Gasteiger partial charge in [0.15, 0.2) is 0 Å². The molecule has 108 valence electrons. The predicted molar refractivity (Wildman–Crippen MR) is 84.8 cm³/mol. The molecule has 0 amide bonds. The molecule has 5 heteroatoms. The van der Waals surface area contributed by atoms with E-state index in [1.54, 1.807) is 12.1 Å². The number of imidazole rings is 1. The van der Waals surface area contributed by atoms with Gasteiger partial charge < -0.3 is 10.3 Å². The zero-order chi connectivity index (χ0) is 15.0. The Balaban J connectivity index is 2.30. The molecule has 3 nitrogen and oxygen atoms in total. The fourth-order valence-corrected chi connectivity index (χ4v) is 2.64. The highest BCUT2D eigenvalue weighted by Gasteiger charge is 2.15. The quantitative estimate of drug-likeness (QED) is 0.725. The van der Waals surface area contributed by atoms with Crippen LogP contribution < -0.4 is 5.73 Å². The van der Waals surface area contributed by atoms with Crippen LogP contribution in [-0.2, 0) is 6.54 Å². The van der Waals surface area contributed by atoms with Crippen molar-refractivity contribution in [3.05, 3.63) is 47.2 Å². The predicted octanol–water partition coefficient (Wildman–Crippen LogP) is 4.49. The van der Waals surface area contributed by atoms with Crippen LogP contribution in [0.1, 0.15) is 13.3 Å². The van der Waals surface area contributed by atoms with E-state index < -0.39 is 0 Å². The highest BCUT2D eigenvalue weighted by Crippen LogP contribution is 2.31. The van der Waals surface area contributed by atoms with Gasteiger partial charge in [-0.2, -0.15) is 0 Å². The normalized spacial score (nSPS) is 11.2. The first-order valence-electron chi connectivity index (χ1n) is 6.81. The number of halogens is 2. The van der Waals surface area contributed by atoms with Crippen molar-refractivity contribution in [1.29, 1.82) is 0 Å². The summed E-state index contributed by atoms with van der Waals surface area (Å²) < 4.78 is 15.6. The molecule has 0 radical (unpaired) electrons. The topological polar surface area (TPSA) is 43.8 Å². The summed E-state index contributed by atoms with van der Waals surface area (Å²) in [5.41, 5.74) is 8.87. The third-order valence-electron chi connectivity index (χ3n) is 3.41. The largest absolute Gasteiger partial charge is 0.398 e. The van der Waals surface area contributed by atoms with Crippen molar-refractivity contribution in [2.75, 3.05) is 5.73 Å². The van der Waals surface area contributed by atoms with Crippen LogP contribution in [0.2, 0.25) is 5.02 Å². The van der Waals surface area contributed by atoms with Gasteiger partial charge in [0.05, 0.1) is 11.0 Å². The number of benzene rings is 2. The van der Waals surface area contributed by atoms with Gasteiger partial charge in [-0.25, -0.2) is 9.37 Å². The van der Waals surface area contributed by atoms with Crippen LogP contribution >= 0.6 is 11.6 Å². The fourth-order valence-electron chi connectivity index (χ4n) is 2.47. The van der Waals surface area contributed by atoms with Gasteiger partial charge in [0.2, 0.25) is 0 Å². The van der Waals surface area contributed by atoms with Crippen LogP contribution in [0.3, 0.4) is 0 Å². The number of fused-ring (bicyclic) bond motifs is 1. The maximum Gasteiger partial charge on any atom is 0.143 e. The molecule has 0 saturated carbocycles. The van der Waals surface area contributed by atoms with Gasteiger partial charge in [0.1, 0.15) is 11.6 Å². The van der Waals surface area contributed by atoms with Gasteiger partial charge in [-0.15, -0.1) is 0 Å². The molecule has 21 heavy (non-hydrogen) atoms. The Labute approximate surface area is 127 Å². The van der Waals surface area contributed by atoms with Gasteiger partial charge in [-0.1, -0.05) is 18.5 Å². The average Bonchev–Trinajstić information content (AvgIpc) is 2.80. The monoisotopic (exact) mass is 303 g/mol. The van der Waals surface area contributed by atoms with Crippen LogP contribution in [0.15, 0.2) is 36.4 Å². The van der Waals surface area contributed by atoms with Gasteiger partial charge in [0.25, 0.3) is 0 Å². The standard InChI is InChI=1S/C16H15ClFN3/c1-2-7-21-15-8-10(17)3-6-14(15)20-16(21)12-9-11(18)4-5-13(12)19/h3-6,8-9H,2,7,19H2,1H3. The van der Waals surface area contributed by atoms with Gasteiger partial charge >= 0.3 is 0 Å². The van der Waals surface area contributed by atoms with E-state index in [9.17, 15) is 4.39 Å². The molecule has 0 saturated heterocycles. The lowest BCUT2D eigenvalue weighted by molar-refractivity contribution is 0.628. The second kappa shape index (κ2) is 5.37. The second-order valence-electron chi connectivity index (χ2n) is 4.95. The molecule has 0 spiro atoms. The Morgan fingerprint density at radius 3 is 2.81 bits per heavy atom. The summed E-state index contributed by atoms with van der Waals surface area (Å²) in [6.07, 6.45) is 0.931. The maximum atomic E-state index is 13.6. The molecular formula is C16H15ClFN3. The number of nitrogens with two attached hydrogens (primary N) is 1. The summed E-state index contributed by atoms with van der Waals surface area (Å²) in [5, 5.41) is 0.651. The minimum Gasteiger partial charge on any atom is -0.398 e. The summed E-state index contributed by atoms with van der Waals surface area (Å²) in [6.45, 7) is 2.84. The first-order chi connectivity index (χ1) is 10.1. The molecular weight excluding hydrogens is 289 g/mol. The number of hydrogen-bond donors (Lipinski definition) is 1. The molecule has 3 rings (SSSR count). The Morgan fingerprint density at radius 1 is 1.24 bits per heavy atom. The first kappa shape index (κ1) is 13.9. The number of rotatable bonds is 3. The van der Waals surface area contributed by atoms with E-state index in [1.807, 2.05) is 16.7 Å². The summed E-state index contributed by atoms with van der Waals surface area (Å²) in [4.78, 5) is 4.60. The first-order valence-corrected chi connectivity index (χ1v) is 7.19. The van der Waals surface area contributed by atoms with Gasteiger partial charge in [-0.05, 0) is 42.8 Å². The van der Waals surface area contributed by atoms with Crippen molar-refractivity contribution in [3.63, 3.8) is 0 Å². The molecule has 2 N–H and O–H groups in total. The smallest absolute Gasteiger partial charge is 0.143 e.